The van der Waals surface area contributed by atoms with Crippen molar-refractivity contribution < 1.29 is 19.2 Å². The molecule has 2 aliphatic rings. The monoisotopic (exact) mass is 778 g/mol. The van der Waals surface area contributed by atoms with Crippen molar-refractivity contribution in [2.75, 3.05) is 13.1 Å². The Morgan fingerprint density at radius 3 is 1.20 bits per heavy atom. The molecule has 0 fully saturated rings. The molecule has 0 atom stereocenters. The lowest BCUT2D eigenvalue weighted by Gasteiger charge is -2.31. The van der Waals surface area contributed by atoms with E-state index in [1.165, 1.54) is 48.3 Å². The second kappa shape index (κ2) is 15.2. The van der Waals surface area contributed by atoms with Crippen LogP contribution in [0.5, 0.6) is 0 Å². The summed E-state index contributed by atoms with van der Waals surface area (Å²) >= 11 is 3.23. The summed E-state index contributed by atoms with van der Waals surface area (Å²) < 4.78 is 0. The highest BCUT2D eigenvalue weighted by atomic mass is 32.1. The largest absolute Gasteiger partial charge is 0.274 e. The zero-order valence-corrected chi connectivity index (χ0v) is 33.8. The van der Waals surface area contributed by atoms with E-state index in [0.717, 1.165) is 91.7 Å². The SMILES string of the molecule is CCCCCCCCN1C(=O)c2ccc3c4c(-c5cccs5)cc5c6c(ccc(c7c(-c8cccs8)cc(c2c37)C1=O)c64)C(=O)N(CCCCCCCC)C5=O. The molecule has 4 amide bonds. The summed E-state index contributed by atoms with van der Waals surface area (Å²) in [6.07, 6.45) is 12.8. The second-order valence-corrected chi connectivity index (χ2v) is 17.4. The Morgan fingerprint density at radius 1 is 0.411 bits per heavy atom. The number of thiophene rings is 2. The van der Waals surface area contributed by atoms with Crippen LogP contribution >= 0.6 is 22.7 Å². The van der Waals surface area contributed by atoms with Gasteiger partial charge in [-0.25, -0.2) is 0 Å². The Kier molecular flexibility index (Phi) is 9.96. The topological polar surface area (TPSA) is 74.8 Å². The molecule has 0 unspecified atom stereocenters. The van der Waals surface area contributed by atoms with Crippen LogP contribution < -0.4 is 0 Å². The number of amides is 4. The van der Waals surface area contributed by atoms with Crippen molar-refractivity contribution >= 4 is 89.4 Å². The third-order valence-corrected chi connectivity index (χ3v) is 13.9. The van der Waals surface area contributed by atoms with Gasteiger partial charge >= 0.3 is 0 Å². The van der Waals surface area contributed by atoms with Gasteiger partial charge in [-0.2, -0.15) is 0 Å². The molecule has 2 aliphatic heterocycles. The number of benzene rings is 5. The van der Waals surface area contributed by atoms with Gasteiger partial charge in [0.1, 0.15) is 0 Å². The number of hydrogen-bond donors (Lipinski definition) is 0. The Labute approximate surface area is 335 Å². The highest BCUT2D eigenvalue weighted by Gasteiger charge is 2.38. The summed E-state index contributed by atoms with van der Waals surface area (Å²) in [5, 5.41) is 11.0. The van der Waals surface area contributed by atoms with Gasteiger partial charge in [0, 0.05) is 67.0 Å². The average molecular weight is 779 g/mol. The van der Waals surface area contributed by atoms with Crippen molar-refractivity contribution in [3.05, 3.63) is 93.7 Å². The molecule has 7 aromatic rings. The minimum Gasteiger partial charge on any atom is -0.274 e. The fraction of sp³-hybridized carbons (Fsp3) is 0.333. The first kappa shape index (κ1) is 36.7. The van der Waals surface area contributed by atoms with E-state index in [9.17, 15) is 19.2 Å². The van der Waals surface area contributed by atoms with E-state index in [2.05, 4.69) is 26.0 Å². The molecule has 0 bridgehead atoms. The lowest BCUT2D eigenvalue weighted by Crippen LogP contribution is -2.41. The molecule has 0 radical (unpaired) electrons. The van der Waals surface area contributed by atoms with Gasteiger partial charge in [-0.15, -0.1) is 22.7 Å². The number of hydrogen-bond acceptors (Lipinski definition) is 6. The first-order chi connectivity index (χ1) is 27.4. The van der Waals surface area contributed by atoms with Gasteiger partial charge < -0.3 is 0 Å². The van der Waals surface area contributed by atoms with E-state index in [0.29, 0.717) is 46.1 Å². The Morgan fingerprint density at radius 2 is 0.804 bits per heavy atom. The molecule has 5 aromatic carbocycles. The minimum absolute atomic E-state index is 0.242. The van der Waals surface area contributed by atoms with Gasteiger partial charge in [-0.05, 0) is 92.3 Å². The maximum atomic E-state index is 14.5. The van der Waals surface area contributed by atoms with Crippen molar-refractivity contribution in [1.29, 1.82) is 0 Å². The van der Waals surface area contributed by atoms with Gasteiger partial charge in [0.2, 0.25) is 0 Å². The van der Waals surface area contributed by atoms with Crippen LogP contribution in [0.2, 0.25) is 0 Å². The summed E-state index contributed by atoms with van der Waals surface area (Å²) in [5.41, 5.74) is 4.04. The molecule has 284 valence electrons. The molecule has 9 rings (SSSR count). The number of fused-ring (bicyclic) bond motifs is 2. The molecular formula is C48H46N2O4S2. The molecule has 0 aliphatic carbocycles. The Bertz CT molecular complexity index is 2470. The van der Waals surface area contributed by atoms with Crippen LogP contribution in [0.15, 0.2) is 71.4 Å². The van der Waals surface area contributed by atoms with Gasteiger partial charge in [-0.3, -0.25) is 29.0 Å². The van der Waals surface area contributed by atoms with Crippen LogP contribution in [-0.2, 0) is 0 Å². The van der Waals surface area contributed by atoms with Gasteiger partial charge in [0.25, 0.3) is 23.6 Å². The van der Waals surface area contributed by atoms with Crippen LogP contribution in [0.25, 0.3) is 64.0 Å². The smallest absolute Gasteiger partial charge is 0.261 e. The first-order valence-corrected chi connectivity index (χ1v) is 22.3. The number of imide groups is 2. The van der Waals surface area contributed by atoms with Crippen molar-refractivity contribution in [2.24, 2.45) is 0 Å². The predicted molar refractivity (Wildman–Crippen MR) is 232 cm³/mol. The summed E-state index contributed by atoms with van der Waals surface area (Å²) in [5.74, 6) is -0.968. The number of unbranched alkanes of at least 4 members (excludes halogenated alkanes) is 10. The van der Waals surface area contributed by atoms with E-state index >= 15 is 0 Å². The molecule has 0 saturated heterocycles. The van der Waals surface area contributed by atoms with Gasteiger partial charge in [-0.1, -0.05) is 102 Å². The molecule has 2 aromatic heterocycles. The summed E-state index contributed by atoms with van der Waals surface area (Å²) in [7, 11) is 0. The van der Waals surface area contributed by atoms with Crippen LogP contribution in [0.1, 0.15) is 132 Å². The predicted octanol–water partition coefficient (Wildman–Crippen LogP) is 13.1. The van der Waals surface area contributed by atoms with Crippen molar-refractivity contribution in [2.45, 2.75) is 90.9 Å². The van der Waals surface area contributed by atoms with Gasteiger partial charge in [0.15, 0.2) is 0 Å². The van der Waals surface area contributed by atoms with E-state index in [1.807, 2.05) is 59.3 Å². The summed E-state index contributed by atoms with van der Waals surface area (Å²) in [6.45, 7) is 5.20. The average Bonchev–Trinajstić information content (AvgIpc) is 3.96. The Hall–Kier alpha value is -4.92. The van der Waals surface area contributed by atoms with E-state index in [4.69, 9.17) is 0 Å². The quantitative estimate of drug-likeness (QED) is 0.0424. The van der Waals surface area contributed by atoms with Crippen molar-refractivity contribution in [3.8, 4) is 20.9 Å². The molecule has 6 nitrogen and oxygen atoms in total. The molecule has 0 saturated carbocycles. The van der Waals surface area contributed by atoms with Crippen LogP contribution in [0, 0.1) is 0 Å². The number of carbonyl (C=O) groups excluding carboxylic acids is 4. The molecule has 0 spiro atoms. The lowest BCUT2D eigenvalue weighted by atomic mass is 9.79. The lowest BCUT2D eigenvalue weighted by molar-refractivity contribution is 0.0592. The highest BCUT2D eigenvalue weighted by molar-refractivity contribution is 7.14. The van der Waals surface area contributed by atoms with Crippen LogP contribution in [0.4, 0.5) is 0 Å². The third kappa shape index (κ3) is 5.87. The number of carbonyl (C=O) groups is 4. The standard InChI is InChI=1S/C48H46N2O4S2/c1-3-5-7-9-11-13-23-49-45(51)31-21-19-29-40-34(38-18-16-26-56-38)28-36-42-32(46(52)50(48(36)54)24-14-12-10-8-6-4-2)22-20-30(44(40)42)39-33(37-17-15-25-55-37)27-35(47(49)53)41(31)43(29)39/h15-22,25-28H,3-14,23-24H2,1-2H3. The molecule has 0 N–H and O–H groups in total. The van der Waals surface area contributed by atoms with Crippen molar-refractivity contribution in [1.82, 2.24) is 9.80 Å². The van der Waals surface area contributed by atoms with Gasteiger partial charge in [0.05, 0.1) is 0 Å². The normalized spacial score (nSPS) is 14.2. The maximum Gasteiger partial charge on any atom is 0.261 e. The fourth-order valence-electron chi connectivity index (χ4n) is 9.33. The van der Waals surface area contributed by atoms with Crippen LogP contribution in [0.3, 0.4) is 0 Å². The molecule has 56 heavy (non-hydrogen) atoms. The second-order valence-electron chi connectivity index (χ2n) is 15.5. The Balaban J connectivity index is 1.28. The summed E-state index contributed by atoms with van der Waals surface area (Å²) in [4.78, 5) is 62.7. The third-order valence-electron chi connectivity index (χ3n) is 12.1. The van der Waals surface area contributed by atoms with E-state index in [-0.39, 0.29) is 23.6 Å². The molecule has 8 heteroatoms. The van der Waals surface area contributed by atoms with E-state index in [1.54, 1.807) is 22.7 Å². The minimum atomic E-state index is -0.242. The number of nitrogens with zero attached hydrogens (tertiary/aromatic N) is 2. The highest BCUT2D eigenvalue weighted by Crippen LogP contribution is 2.52. The number of rotatable bonds is 16. The van der Waals surface area contributed by atoms with Crippen molar-refractivity contribution in [3.63, 3.8) is 0 Å². The zero-order chi connectivity index (χ0) is 38.5. The molecule has 4 heterocycles. The molecular weight excluding hydrogens is 733 g/mol. The zero-order valence-electron chi connectivity index (χ0n) is 32.2. The maximum absolute atomic E-state index is 14.5. The fourth-order valence-corrected chi connectivity index (χ4v) is 10.8. The summed E-state index contributed by atoms with van der Waals surface area (Å²) in [6, 6.07) is 20.1. The van der Waals surface area contributed by atoms with E-state index < -0.39 is 0 Å². The van der Waals surface area contributed by atoms with Crippen LogP contribution in [-0.4, -0.2) is 46.5 Å². The first-order valence-electron chi connectivity index (χ1n) is 20.5.